The molecule has 0 aliphatic rings. The van der Waals surface area contributed by atoms with Crippen LogP contribution in [0, 0.1) is 5.82 Å². The van der Waals surface area contributed by atoms with Crippen LogP contribution in [0.25, 0.3) is 0 Å². The number of aliphatic imine (C=N–C) groups is 1. The number of halogens is 1. The fourth-order valence-corrected chi connectivity index (χ4v) is 1.67. The van der Waals surface area contributed by atoms with Crippen molar-refractivity contribution < 1.29 is 9.13 Å². The molecule has 0 amide bonds. The molecule has 0 heterocycles. The van der Waals surface area contributed by atoms with Crippen LogP contribution in [-0.2, 0) is 17.9 Å². The quantitative estimate of drug-likeness (QED) is 0.612. The molecule has 0 spiro atoms. The Labute approximate surface area is 114 Å². The third-order valence-electron chi connectivity index (χ3n) is 2.52. The third-order valence-corrected chi connectivity index (χ3v) is 2.52. The summed E-state index contributed by atoms with van der Waals surface area (Å²) >= 11 is 0. The van der Waals surface area contributed by atoms with Crippen molar-refractivity contribution in [1.29, 1.82) is 0 Å². The molecular weight excluding hydrogens is 245 g/mol. The Morgan fingerprint density at radius 2 is 1.95 bits per heavy atom. The number of hydrogen-bond acceptors (Lipinski definition) is 2. The first-order valence-corrected chi connectivity index (χ1v) is 6.49. The van der Waals surface area contributed by atoms with E-state index in [0.29, 0.717) is 12.1 Å². The van der Waals surface area contributed by atoms with Crippen molar-refractivity contribution in [2.45, 2.75) is 27.0 Å². The average Bonchev–Trinajstić information content (AvgIpc) is 2.40. The second-order valence-corrected chi connectivity index (χ2v) is 4.08. The van der Waals surface area contributed by atoms with Gasteiger partial charge in [0.05, 0.1) is 13.2 Å². The lowest BCUT2D eigenvalue weighted by atomic mass is 10.1. The lowest BCUT2D eigenvalue weighted by Crippen LogP contribution is -2.36. The van der Waals surface area contributed by atoms with Crippen LogP contribution in [0.5, 0.6) is 0 Å². The minimum atomic E-state index is -0.242. The molecular formula is C14H22FN3O. The maximum atomic E-state index is 13.5. The predicted molar refractivity (Wildman–Crippen MR) is 75.6 cm³/mol. The van der Waals surface area contributed by atoms with Gasteiger partial charge in [-0.05, 0) is 31.5 Å². The van der Waals surface area contributed by atoms with E-state index in [9.17, 15) is 4.39 Å². The molecule has 0 fully saturated rings. The van der Waals surface area contributed by atoms with Crippen molar-refractivity contribution in [2.75, 3.05) is 20.2 Å². The van der Waals surface area contributed by atoms with Gasteiger partial charge in [0.1, 0.15) is 5.82 Å². The molecule has 0 aliphatic heterocycles. The van der Waals surface area contributed by atoms with Crippen molar-refractivity contribution >= 4 is 5.96 Å². The summed E-state index contributed by atoms with van der Waals surface area (Å²) in [5.74, 6) is 0.524. The highest BCUT2D eigenvalue weighted by atomic mass is 19.1. The van der Waals surface area contributed by atoms with Gasteiger partial charge in [0.2, 0.25) is 0 Å². The molecule has 5 heteroatoms. The first kappa shape index (κ1) is 15.4. The standard InChI is InChI=1S/C14H22FN3O/c1-4-16-14(17-5-2)18-9-11-6-7-13(15)12(8-11)10-19-3/h6-8H,4-5,9-10H2,1-3H3,(H2,16,17,18). The second kappa shape index (κ2) is 8.48. The van der Waals surface area contributed by atoms with Crippen LogP contribution in [0.15, 0.2) is 23.2 Å². The maximum absolute atomic E-state index is 13.5. The fraction of sp³-hybridized carbons (Fsp3) is 0.500. The van der Waals surface area contributed by atoms with Crippen LogP contribution in [0.3, 0.4) is 0 Å². The molecule has 1 aromatic carbocycles. The average molecular weight is 267 g/mol. The Bertz CT molecular complexity index is 413. The van der Waals surface area contributed by atoms with Gasteiger partial charge < -0.3 is 15.4 Å². The molecule has 0 saturated heterocycles. The number of guanidine groups is 1. The van der Waals surface area contributed by atoms with Gasteiger partial charge in [-0.15, -0.1) is 0 Å². The van der Waals surface area contributed by atoms with Crippen molar-refractivity contribution in [3.05, 3.63) is 35.1 Å². The number of benzene rings is 1. The SMILES string of the molecule is CCNC(=NCc1ccc(F)c(COC)c1)NCC. The highest BCUT2D eigenvalue weighted by Gasteiger charge is 2.03. The Morgan fingerprint density at radius 3 is 2.53 bits per heavy atom. The molecule has 1 aromatic rings. The van der Waals surface area contributed by atoms with Crippen molar-refractivity contribution in [3.8, 4) is 0 Å². The van der Waals surface area contributed by atoms with E-state index >= 15 is 0 Å². The van der Waals surface area contributed by atoms with Gasteiger partial charge >= 0.3 is 0 Å². The van der Waals surface area contributed by atoms with E-state index < -0.39 is 0 Å². The third kappa shape index (κ3) is 5.26. The van der Waals surface area contributed by atoms with Crippen LogP contribution in [-0.4, -0.2) is 26.2 Å². The van der Waals surface area contributed by atoms with Crippen molar-refractivity contribution in [2.24, 2.45) is 4.99 Å². The highest BCUT2D eigenvalue weighted by molar-refractivity contribution is 5.79. The van der Waals surface area contributed by atoms with E-state index in [4.69, 9.17) is 4.74 Å². The zero-order valence-electron chi connectivity index (χ0n) is 11.8. The molecule has 4 nitrogen and oxygen atoms in total. The molecule has 2 N–H and O–H groups in total. The molecule has 0 aliphatic carbocycles. The summed E-state index contributed by atoms with van der Waals surface area (Å²) in [6.07, 6.45) is 0. The molecule has 0 radical (unpaired) electrons. The Hall–Kier alpha value is -1.62. The van der Waals surface area contributed by atoms with Gasteiger partial charge in [0, 0.05) is 25.8 Å². The van der Waals surface area contributed by atoms with Crippen LogP contribution in [0.1, 0.15) is 25.0 Å². The summed E-state index contributed by atoms with van der Waals surface area (Å²) in [6.45, 7) is 6.43. The summed E-state index contributed by atoms with van der Waals surface area (Å²) in [4.78, 5) is 4.44. The van der Waals surface area contributed by atoms with E-state index in [-0.39, 0.29) is 12.4 Å². The summed E-state index contributed by atoms with van der Waals surface area (Å²) in [5.41, 5.74) is 1.52. The fourth-order valence-electron chi connectivity index (χ4n) is 1.67. The summed E-state index contributed by atoms with van der Waals surface area (Å²) in [7, 11) is 1.55. The van der Waals surface area contributed by atoms with Crippen LogP contribution in [0.4, 0.5) is 4.39 Å². The Kier molecular flexibility index (Phi) is 6.89. The van der Waals surface area contributed by atoms with Crippen molar-refractivity contribution in [1.82, 2.24) is 10.6 Å². The molecule has 0 aromatic heterocycles. The van der Waals surface area contributed by atoms with Gasteiger partial charge in [-0.3, -0.25) is 0 Å². The van der Waals surface area contributed by atoms with Crippen LogP contribution in [0.2, 0.25) is 0 Å². The summed E-state index contributed by atoms with van der Waals surface area (Å²) in [5, 5.41) is 6.29. The van der Waals surface area contributed by atoms with Crippen LogP contribution < -0.4 is 10.6 Å². The van der Waals surface area contributed by atoms with Gasteiger partial charge in [0.25, 0.3) is 0 Å². The summed E-state index contributed by atoms with van der Waals surface area (Å²) in [6, 6.07) is 4.99. The predicted octanol–water partition coefficient (Wildman–Crippen LogP) is 2.05. The molecule has 1 rings (SSSR count). The molecule has 19 heavy (non-hydrogen) atoms. The highest BCUT2D eigenvalue weighted by Crippen LogP contribution is 2.12. The summed E-state index contributed by atoms with van der Waals surface area (Å²) < 4.78 is 18.4. The molecule has 0 atom stereocenters. The van der Waals surface area contributed by atoms with E-state index in [2.05, 4.69) is 15.6 Å². The number of nitrogens with zero attached hydrogens (tertiary/aromatic N) is 1. The van der Waals surface area contributed by atoms with Crippen molar-refractivity contribution in [3.63, 3.8) is 0 Å². The van der Waals surface area contributed by atoms with Crippen LogP contribution >= 0.6 is 0 Å². The number of rotatable bonds is 6. The minimum Gasteiger partial charge on any atom is -0.380 e. The lowest BCUT2D eigenvalue weighted by molar-refractivity contribution is 0.181. The smallest absolute Gasteiger partial charge is 0.191 e. The molecule has 0 bridgehead atoms. The monoisotopic (exact) mass is 267 g/mol. The van der Waals surface area contributed by atoms with Gasteiger partial charge in [-0.2, -0.15) is 0 Å². The second-order valence-electron chi connectivity index (χ2n) is 4.08. The first-order valence-electron chi connectivity index (χ1n) is 6.49. The Balaban J connectivity index is 2.75. The maximum Gasteiger partial charge on any atom is 0.191 e. The Morgan fingerprint density at radius 1 is 1.26 bits per heavy atom. The number of ether oxygens (including phenoxy) is 1. The normalized spacial score (nSPS) is 10.1. The number of nitrogens with one attached hydrogen (secondary N) is 2. The zero-order valence-corrected chi connectivity index (χ0v) is 11.8. The zero-order chi connectivity index (χ0) is 14.1. The number of methoxy groups -OCH3 is 1. The van der Waals surface area contributed by atoms with Gasteiger partial charge in [-0.25, -0.2) is 9.38 Å². The lowest BCUT2D eigenvalue weighted by Gasteiger charge is -2.09. The molecule has 0 saturated carbocycles. The number of hydrogen-bond donors (Lipinski definition) is 2. The van der Waals surface area contributed by atoms with E-state index in [1.165, 1.54) is 6.07 Å². The van der Waals surface area contributed by atoms with E-state index in [0.717, 1.165) is 24.6 Å². The van der Waals surface area contributed by atoms with E-state index in [1.54, 1.807) is 19.2 Å². The largest absolute Gasteiger partial charge is 0.380 e. The van der Waals surface area contributed by atoms with Gasteiger partial charge in [-0.1, -0.05) is 6.07 Å². The molecule has 0 unspecified atom stereocenters. The topological polar surface area (TPSA) is 45.7 Å². The van der Waals surface area contributed by atoms with Gasteiger partial charge in [0.15, 0.2) is 5.96 Å². The molecule has 106 valence electrons. The first-order chi connectivity index (χ1) is 9.21. The minimum absolute atomic E-state index is 0.242. The van der Waals surface area contributed by atoms with E-state index in [1.807, 2.05) is 13.8 Å².